The first-order chi connectivity index (χ1) is 12.7. The monoisotopic (exact) mass is 370 g/mol. The third kappa shape index (κ3) is 2.65. The van der Waals surface area contributed by atoms with Gasteiger partial charge in [0.1, 0.15) is 10.5 Å². The summed E-state index contributed by atoms with van der Waals surface area (Å²) in [4.78, 5) is 22.6. The molecule has 2 fully saturated rings. The van der Waals surface area contributed by atoms with Crippen molar-refractivity contribution in [2.24, 2.45) is 0 Å². The van der Waals surface area contributed by atoms with Crippen LogP contribution in [0.1, 0.15) is 29.6 Å². The first-order valence-corrected chi connectivity index (χ1v) is 9.64. The highest BCUT2D eigenvalue weighted by Crippen LogP contribution is 2.35. The Kier molecular flexibility index (Phi) is 3.68. The molecule has 2 N–H and O–H groups in total. The third-order valence-corrected chi connectivity index (χ3v) is 5.92. The van der Waals surface area contributed by atoms with Crippen LogP contribution in [0.4, 0.5) is 6.01 Å². The first kappa shape index (κ1) is 15.8. The van der Waals surface area contributed by atoms with E-state index < -0.39 is 5.97 Å². The van der Waals surface area contributed by atoms with Crippen LogP contribution < -0.4 is 10.2 Å². The Labute approximate surface area is 153 Å². The maximum atomic E-state index is 11.5. The highest BCUT2D eigenvalue weighted by Gasteiger charge is 2.32. The topological polar surface area (TPSA) is 91.5 Å². The van der Waals surface area contributed by atoms with E-state index in [1.807, 2.05) is 5.38 Å². The average Bonchev–Trinajstić information content (AvgIpc) is 3.30. The number of piperidine rings is 1. The van der Waals surface area contributed by atoms with Crippen LogP contribution in [0.5, 0.6) is 0 Å². The average molecular weight is 370 g/mol. The minimum atomic E-state index is -0.981. The summed E-state index contributed by atoms with van der Waals surface area (Å²) in [5.41, 5.74) is 2.04. The fraction of sp³-hybridized carbons (Fsp3) is 0.389. The predicted octanol–water partition coefficient (Wildman–Crippen LogP) is 2.98. The lowest BCUT2D eigenvalue weighted by molar-refractivity contribution is 0.0697. The number of nitrogens with one attached hydrogen (secondary N) is 1. The van der Waals surface area contributed by atoms with Crippen LogP contribution >= 0.6 is 11.3 Å². The zero-order chi connectivity index (χ0) is 17.7. The zero-order valence-electron chi connectivity index (χ0n) is 14.0. The quantitative estimate of drug-likeness (QED) is 0.732. The van der Waals surface area contributed by atoms with Gasteiger partial charge in [-0.15, -0.1) is 11.3 Å². The Morgan fingerprint density at radius 3 is 2.81 bits per heavy atom. The summed E-state index contributed by atoms with van der Waals surface area (Å²) in [6.07, 6.45) is 5.30. The molecular formula is C18H18N4O3S. The number of aromatic nitrogens is 2. The number of hydrogen-bond acceptors (Lipinski definition) is 7. The molecule has 8 heteroatoms. The molecule has 2 saturated heterocycles. The number of aromatic carboxylic acids is 1. The van der Waals surface area contributed by atoms with Gasteiger partial charge in [-0.3, -0.25) is 0 Å². The maximum absolute atomic E-state index is 11.5. The number of nitrogens with zero attached hydrogens (tertiary/aromatic N) is 3. The first-order valence-electron chi connectivity index (χ1n) is 8.76. The molecule has 2 unspecified atom stereocenters. The summed E-state index contributed by atoms with van der Waals surface area (Å²) in [5, 5.41) is 15.7. The lowest BCUT2D eigenvalue weighted by atomic mass is 9.94. The fourth-order valence-electron chi connectivity index (χ4n) is 3.96. The van der Waals surface area contributed by atoms with Crippen LogP contribution in [0.25, 0.3) is 21.7 Å². The largest absolute Gasteiger partial charge is 0.478 e. The fourth-order valence-corrected chi connectivity index (χ4v) is 4.61. The highest BCUT2D eigenvalue weighted by molar-refractivity contribution is 7.13. The summed E-state index contributed by atoms with van der Waals surface area (Å²) >= 11 is 1.45. The van der Waals surface area contributed by atoms with E-state index in [1.54, 1.807) is 18.3 Å². The summed E-state index contributed by atoms with van der Waals surface area (Å²) in [6, 6.07) is 4.69. The van der Waals surface area contributed by atoms with Gasteiger partial charge in [0.05, 0.1) is 11.1 Å². The Balaban J connectivity index is 1.60. The van der Waals surface area contributed by atoms with Crippen molar-refractivity contribution in [1.82, 2.24) is 15.3 Å². The van der Waals surface area contributed by atoms with Crippen LogP contribution in [0.3, 0.4) is 0 Å². The van der Waals surface area contributed by atoms with Gasteiger partial charge < -0.3 is 19.7 Å². The minimum absolute atomic E-state index is 0.194. The minimum Gasteiger partial charge on any atom is -0.478 e. The number of piperazine rings is 1. The molecule has 26 heavy (non-hydrogen) atoms. The molecule has 3 aromatic rings. The molecule has 0 spiro atoms. The Morgan fingerprint density at radius 1 is 1.31 bits per heavy atom. The van der Waals surface area contributed by atoms with Crippen LogP contribution in [0, 0.1) is 0 Å². The molecule has 7 nitrogen and oxygen atoms in total. The molecule has 0 amide bonds. The molecule has 0 aliphatic carbocycles. The van der Waals surface area contributed by atoms with Gasteiger partial charge in [0.15, 0.2) is 5.58 Å². The Bertz CT molecular complexity index is 956. The van der Waals surface area contributed by atoms with Crippen molar-refractivity contribution < 1.29 is 14.3 Å². The molecule has 2 atom stereocenters. The molecule has 1 aromatic carbocycles. The molecule has 0 saturated carbocycles. The smallest absolute Gasteiger partial charge is 0.335 e. The second-order valence-corrected chi connectivity index (χ2v) is 7.80. The van der Waals surface area contributed by atoms with Crippen molar-refractivity contribution in [2.45, 2.75) is 31.3 Å². The van der Waals surface area contributed by atoms with Crippen LogP contribution in [-0.2, 0) is 0 Å². The lowest BCUT2D eigenvalue weighted by Gasteiger charge is -2.41. The lowest BCUT2D eigenvalue weighted by Crippen LogP contribution is -2.58. The molecule has 2 aliphatic heterocycles. The van der Waals surface area contributed by atoms with Gasteiger partial charge in [-0.25, -0.2) is 9.78 Å². The number of fused-ring (bicyclic) bond motifs is 3. The van der Waals surface area contributed by atoms with Crippen molar-refractivity contribution in [3.05, 3.63) is 29.3 Å². The van der Waals surface area contributed by atoms with Crippen molar-refractivity contribution in [3.63, 3.8) is 0 Å². The number of carbonyl (C=O) groups is 1. The third-order valence-electron chi connectivity index (χ3n) is 5.12. The summed E-state index contributed by atoms with van der Waals surface area (Å²) in [6.45, 7) is 1.73. The van der Waals surface area contributed by atoms with E-state index in [0.717, 1.165) is 18.1 Å². The van der Waals surface area contributed by atoms with Gasteiger partial charge in [-0.05, 0) is 25.0 Å². The number of anilines is 1. The molecule has 0 radical (unpaired) electrons. The van der Waals surface area contributed by atoms with E-state index >= 15 is 0 Å². The number of rotatable bonds is 3. The molecule has 2 bridgehead atoms. The second-order valence-electron chi connectivity index (χ2n) is 6.91. The van der Waals surface area contributed by atoms with E-state index in [4.69, 9.17) is 4.42 Å². The zero-order valence-corrected chi connectivity index (χ0v) is 14.8. The summed E-state index contributed by atoms with van der Waals surface area (Å²) in [7, 11) is 0. The Morgan fingerprint density at radius 2 is 2.12 bits per heavy atom. The van der Waals surface area contributed by atoms with E-state index in [1.165, 1.54) is 30.6 Å². The van der Waals surface area contributed by atoms with E-state index in [2.05, 4.69) is 20.2 Å². The number of benzene rings is 1. The van der Waals surface area contributed by atoms with Gasteiger partial charge in [0.25, 0.3) is 6.01 Å². The molecule has 5 rings (SSSR count). The van der Waals surface area contributed by atoms with Crippen molar-refractivity contribution >= 4 is 34.4 Å². The number of hydrogen-bond donors (Lipinski definition) is 2. The standard InChI is InChI=1S/C18H18N4O3S/c23-17(24)10-6-13(16-19-4-5-26-16)15-14(7-10)21-18(25-15)22-8-11-2-1-3-12(9-22)20-11/h4-7,11-12,20H,1-3,8-9H2,(H,23,24). The predicted molar refractivity (Wildman–Crippen MR) is 98.9 cm³/mol. The molecule has 2 aliphatic rings. The number of oxazole rings is 1. The second kappa shape index (κ2) is 6.07. The van der Waals surface area contributed by atoms with Crippen LogP contribution in [-0.4, -0.2) is 46.2 Å². The van der Waals surface area contributed by atoms with Crippen LogP contribution in [0.2, 0.25) is 0 Å². The normalized spacial score (nSPS) is 22.7. The van der Waals surface area contributed by atoms with Crippen molar-refractivity contribution in [1.29, 1.82) is 0 Å². The van der Waals surface area contributed by atoms with Gasteiger partial charge >= 0.3 is 5.97 Å². The highest BCUT2D eigenvalue weighted by atomic mass is 32.1. The van der Waals surface area contributed by atoms with Crippen molar-refractivity contribution in [3.8, 4) is 10.6 Å². The maximum Gasteiger partial charge on any atom is 0.335 e. The summed E-state index contributed by atoms with van der Waals surface area (Å²) in [5.74, 6) is -0.981. The van der Waals surface area contributed by atoms with Gasteiger partial charge in [0, 0.05) is 36.8 Å². The van der Waals surface area contributed by atoms with Gasteiger partial charge in [0.2, 0.25) is 0 Å². The Hall–Kier alpha value is -2.45. The molecule has 4 heterocycles. The van der Waals surface area contributed by atoms with E-state index in [0.29, 0.717) is 34.8 Å². The van der Waals surface area contributed by atoms with Gasteiger partial charge in [-0.1, -0.05) is 6.42 Å². The van der Waals surface area contributed by atoms with E-state index in [-0.39, 0.29) is 5.56 Å². The van der Waals surface area contributed by atoms with Crippen molar-refractivity contribution in [2.75, 3.05) is 18.0 Å². The van der Waals surface area contributed by atoms with Gasteiger partial charge in [-0.2, -0.15) is 4.98 Å². The van der Waals surface area contributed by atoms with Crippen LogP contribution in [0.15, 0.2) is 28.1 Å². The van der Waals surface area contributed by atoms with E-state index in [9.17, 15) is 9.90 Å². The number of carboxylic acids is 1. The molecular weight excluding hydrogens is 352 g/mol. The molecule has 134 valence electrons. The SMILES string of the molecule is O=C(O)c1cc(-c2nccs2)c2oc(N3CC4CCCC(C3)N4)nc2c1. The number of thiazole rings is 1. The molecule has 2 aromatic heterocycles. The summed E-state index contributed by atoms with van der Waals surface area (Å²) < 4.78 is 6.12. The number of carboxylic acid groups (broad SMARTS) is 1.